The first-order valence-corrected chi connectivity index (χ1v) is 7.60. The number of rotatable bonds is 4. The number of para-hydroxylation sites is 1. The predicted molar refractivity (Wildman–Crippen MR) is 86.8 cm³/mol. The number of carbonyl (C=O) groups is 2. The Balaban J connectivity index is 1.70. The standard InChI is InChI=1S/C15H16ClN5O2/c1-10(14(22)20-9-7-17-15(20)23)18-13-6-8-21(19-13)12-5-3-2-4-11(12)16/h2-6,8,10H,7,9H2,1H3,(H,17,23)(H,18,19)/t10-/m0/s1. The summed E-state index contributed by atoms with van der Waals surface area (Å²) in [6.07, 6.45) is 1.75. The van der Waals surface area contributed by atoms with Gasteiger partial charge in [0.05, 0.1) is 10.7 Å². The number of carbonyl (C=O) groups excluding carboxylic acids is 2. The molecule has 0 bridgehead atoms. The van der Waals surface area contributed by atoms with Crippen molar-refractivity contribution in [3.05, 3.63) is 41.6 Å². The highest BCUT2D eigenvalue weighted by Crippen LogP contribution is 2.20. The van der Waals surface area contributed by atoms with Crippen molar-refractivity contribution in [2.24, 2.45) is 0 Å². The van der Waals surface area contributed by atoms with Crippen LogP contribution in [-0.2, 0) is 4.79 Å². The number of amides is 3. The first-order valence-electron chi connectivity index (χ1n) is 7.22. The number of anilines is 1. The van der Waals surface area contributed by atoms with Gasteiger partial charge in [-0.25, -0.2) is 9.48 Å². The van der Waals surface area contributed by atoms with Gasteiger partial charge in [-0.2, -0.15) is 5.10 Å². The van der Waals surface area contributed by atoms with Gasteiger partial charge in [-0.05, 0) is 19.1 Å². The molecule has 0 radical (unpaired) electrons. The summed E-state index contributed by atoms with van der Waals surface area (Å²) in [6.45, 7) is 2.57. The van der Waals surface area contributed by atoms with E-state index in [1.807, 2.05) is 18.2 Å². The summed E-state index contributed by atoms with van der Waals surface area (Å²) in [5, 5.41) is 10.6. The minimum Gasteiger partial charge on any atom is -0.357 e. The minimum absolute atomic E-state index is 0.285. The van der Waals surface area contributed by atoms with Gasteiger partial charge in [0.15, 0.2) is 0 Å². The van der Waals surface area contributed by atoms with E-state index in [2.05, 4.69) is 15.7 Å². The first kappa shape index (κ1) is 15.4. The van der Waals surface area contributed by atoms with E-state index in [1.165, 1.54) is 4.90 Å². The molecule has 7 nitrogen and oxygen atoms in total. The van der Waals surface area contributed by atoms with Crippen molar-refractivity contribution in [2.45, 2.75) is 13.0 Å². The van der Waals surface area contributed by atoms with Gasteiger partial charge in [-0.15, -0.1) is 0 Å². The third-order valence-corrected chi connectivity index (χ3v) is 3.87. The highest BCUT2D eigenvalue weighted by molar-refractivity contribution is 6.32. The van der Waals surface area contributed by atoms with E-state index in [9.17, 15) is 9.59 Å². The lowest BCUT2D eigenvalue weighted by atomic mass is 10.3. The second-order valence-electron chi connectivity index (χ2n) is 5.18. The van der Waals surface area contributed by atoms with E-state index >= 15 is 0 Å². The number of aromatic nitrogens is 2. The molecule has 1 atom stereocenters. The fourth-order valence-electron chi connectivity index (χ4n) is 2.37. The van der Waals surface area contributed by atoms with Crippen LogP contribution in [0.25, 0.3) is 5.69 Å². The van der Waals surface area contributed by atoms with Crippen molar-refractivity contribution >= 4 is 29.4 Å². The molecule has 8 heteroatoms. The van der Waals surface area contributed by atoms with Crippen LogP contribution in [0.2, 0.25) is 5.02 Å². The maximum Gasteiger partial charge on any atom is 0.324 e. The van der Waals surface area contributed by atoms with Crippen molar-refractivity contribution in [3.8, 4) is 5.69 Å². The van der Waals surface area contributed by atoms with Crippen LogP contribution in [0.5, 0.6) is 0 Å². The molecule has 2 heterocycles. The molecule has 0 aliphatic carbocycles. The highest BCUT2D eigenvalue weighted by Gasteiger charge is 2.29. The molecule has 1 aliphatic heterocycles. The molecule has 1 fully saturated rings. The molecule has 3 rings (SSSR count). The Labute approximate surface area is 138 Å². The first-order chi connectivity index (χ1) is 11.1. The zero-order chi connectivity index (χ0) is 16.4. The number of benzene rings is 1. The molecular formula is C15H16ClN5O2. The second kappa shape index (κ2) is 6.29. The van der Waals surface area contributed by atoms with Crippen LogP contribution in [-0.4, -0.2) is 45.8 Å². The maximum atomic E-state index is 12.2. The van der Waals surface area contributed by atoms with Crippen molar-refractivity contribution in [2.75, 3.05) is 18.4 Å². The molecule has 0 spiro atoms. The third-order valence-electron chi connectivity index (χ3n) is 3.55. The summed E-state index contributed by atoms with van der Waals surface area (Å²) in [4.78, 5) is 25.0. The van der Waals surface area contributed by atoms with E-state index in [0.29, 0.717) is 23.9 Å². The topological polar surface area (TPSA) is 79.3 Å². The van der Waals surface area contributed by atoms with Gasteiger partial charge in [0, 0.05) is 25.4 Å². The second-order valence-corrected chi connectivity index (χ2v) is 5.59. The summed E-state index contributed by atoms with van der Waals surface area (Å²) in [5.74, 6) is 0.248. The van der Waals surface area contributed by atoms with Gasteiger partial charge in [-0.1, -0.05) is 23.7 Å². The Kier molecular flexibility index (Phi) is 4.20. The number of urea groups is 1. The van der Waals surface area contributed by atoms with Crippen LogP contribution in [0.15, 0.2) is 36.5 Å². The predicted octanol–water partition coefficient (Wildman–Crippen LogP) is 1.88. The van der Waals surface area contributed by atoms with Crippen LogP contribution >= 0.6 is 11.6 Å². The largest absolute Gasteiger partial charge is 0.357 e. The van der Waals surface area contributed by atoms with Crippen molar-refractivity contribution in [1.29, 1.82) is 0 Å². The van der Waals surface area contributed by atoms with Gasteiger partial charge in [0.1, 0.15) is 11.9 Å². The monoisotopic (exact) mass is 333 g/mol. The zero-order valence-corrected chi connectivity index (χ0v) is 13.2. The fourth-order valence-corrected chi connectivity index (χ4v) is 2.59. The van der Waals surface area contributed by atoms with Crippen LogP contribution in [0.1, 0.15) is 6.92 Å². The molecule has 3 amide bonds. The Hall–Kier alpha value is -2.54. The summed E-state index contributed by atoms with van der Waals surface area (Å²) in [6, 6.07) is 8.17. The smallest absolute Gasteiger partial charge is 0.324 e. The van der Waals surface area contributed by atoms with Crippen molar-refractivity contribution in [1.82, 2.24) is 20.0 Å². The molecule has 1 aromatic carbocycles. The third kappa shape index (κ3) is 3.14. The van der Waals surface area contributed by atoms with Gasteiger partial charge >= 0.3 is 6.03 Å². The normalized spacial score (nSPS) is 15.4. The number of hydrogen-bond donors (Lipinski definition) is 2. The summed E-state index contributed by atoms with van der Waals surface area (Å²) < 4.78 is 1.63. The van der Waals surface area contributed by atoms with Gasteiger partial charge < -0.3 is 10.6 Å². The van der Waals surface area contributed by atoms with Crippen molar-refractivity contribution < 1.29 is 9.59 Å². The van der Waals surface area contributed by atoms with Gasteiger partial charge in [0.2, 0.25) is 0 Å². The van der Waals surface area contributed by atoms with Gasteiger partial charge in [-0.3, -0.25) is 9.69 Å². The Morgan fingerprint density at radius 2 is 2.17 bits per heavy atom. The molecule has 120 valence electrons. The van der Waals surface area contributed by atoms with E-state index < -0.39 is 6.04 Å². The van der Waals surface area contributed by atoms with Gasteiger partial charge in [0.25, 0.3) is 5.91 Å². The van der Waals surface area contributed by atoms with E-state index in [0.717, 1.165) is 5.69 Å². The molecular weight excluding hydrogens is 318 g/mol. The van der Waals surface area contributed by atoms with Crippen LogP contribution in [0.3, 0.4) is 0 Å². The summed E-state index contributed by atoms with van der Waals surface area (Å²) >= 11 is 6.14. The molecule has 0 saturated carbocycles. The number of hydrogen-bond acceptors (Lipinski definition) is 4. The number of halogens is 1. The van der Waals surface area contributed by atoms with E-state index in [1.54, 1.807) is 29.9 Å². The van der Waals surface area contributed by atoms with E-state index in [4.69, 9.17) is 11.6 Å². The van der Waals surface area contributed by atoms with Crippen molar-refractivity contribution in [3.63, 3.8) is 0 Å². The van der Waals surface area contributed by atoms with Crippen LogP contribution in [0, 0.1) is 0 Å². The SMILES string of the molecule is C[C@H](Nc1ccn(-c2ccccc2Cl)n1)C(=O)N1CCNC1=O. The Bertz CT molecular complexity index is 745. The summed E-state index contributed by atoms with van der Waals surface area (Å²) in [7, 11) is 0. The Morgan fingerprint density at radius 3 is 2.87 bits per heavy atom. The number of nitrogens with zero attached hydrogens (tertiary/aromatic N) is 3. The molecule has 2 N–H and O–H groups in total. The quantitative estimate of drug-likeness (QED) is 0.895. The fraction of sp³-hybridized carbons (Fsp3) is 0.267. The maximum absolute atomic E-state index is 12.2. The lowest BCUT2D eigenvalue weighted by molar-refractivity contribution is -0.128. The molecule has 1 aliphatic rings. The minimum atomic E-state index is -0.562. The van der Waals surface area contributed by atoms with E-state index in [-0.39, 0.29) is 11.9 Å². The average molecular weight is 334 g/mol. The molecule has 1 saturated heterocycles. The molecule has 0 unspecified atom stereocenters. The molecule has 2 aromatic rings. The zero-order valence-electron chi connectivity index (χ0n) is 12.5. The molecule has 23 heavy (non-hydrogen) atoms. The average Bonchev–Trinajstić information content (AvgIpc) is 3.16. The number of nitrogens with one attached hydrogen (secondary N) is 2. The number of imide groups is 1. The molecule has 1 aromatic heterocycles. The Morgan fingerprint density at radius 1 is 1.39 bits per heavy atom. The lowest BCUT2D eigenvalue weighted by Crippen LogP contribution is -2.43. The lowest BCUT2D eigenvalue weighted by Gasteiger charge is -2.18. The van der Waals surface area contributed by atoms with Crippen LogP contribution in [0.4, 0.5) is 10.6 Å². The van der Waals surface area contributed by atoms with Crippen LogP contribution < -0.4 is 10.6 Å². The summed E-state index contributed by atoms with van der Waals surface area (Å²) in [5.41, 5.74) is 0.750. The highest BCUT2D eigenvalue weighted by atomic mass is 35.5.